The van der Waals surface area contributed by atoms with Gasteiger partial charge < -0.3 is 10.4 Å². The van der Waals surface area contributed by atoms with Crippen LogP contribution in [0.15, 0.2) is 16.6 Å². The molecule has 0 aromatic heterocycles. The van der Waals surface area contributed by atoms with Crippen LogP contribution in [-0.4, -0.2) is 17.0 Å². The predicted molar refractivity (Wildman–Crippen MR) is 66.7 cm³/mol. The molecule has 6 heteroatoms. The van der Waals surface area contributed by atoms with Crippen LogP contribution in [0, 0.1) is 24.6 Å². The molecule has 2 N–H and O–H groups in total. The molecular weight excluding hydrogens is 305 g/mol. The molecule has 1 saturated carbocycles. The predicted octanol–water partition coefficient (Wildman–Crippen LogP) is 2.56. The zero-order valence-electron chi connectivity index (χ0n) is 9.54. The molecule has 0 saturated heterocycles. The van der Waals surface area contributed by atoms with Gasteiger partial charge in [0.15, 0.2) is 0 Å². The summed E-state index contributed by atoms with van der Waals surface area (Å²) in [6.45, 7) is 1.74. The van der Waals surface area contributed by atoms with E-state index in [1.54, 1.807) is 13.0 Å². The first kappa shape index (κ1) is 13.0. The first-order chi connectivity index (χ1) is 8.40. The van der Waals surface area contributed by atoms with E-state index in [1.807, 2.05) is 0 Å². The van der Waals surface area contributed by atoms with Crippen LogP contribution in [0.25, 0.3) is 0 Å². The van der Waals surface area contributed by atoms with Crippen LogP contribution in [0.2, 0.25) is 0 Å². The normalized spacial score (nSPS) is 21.5. The van der Waals surface area contributed by atoms with Crippen LogP contribution in [0.3, 0.4) is 0 Å². The highest BCUT2D eigenvalue weighted by molar-refractivity contribution is 9.10. The third-order valence-electron chi connectivity index (χ3n) is 2.97. The van der Waals surface area contributed by atoms with Crippen molar-refractivity contribution in [1.82, 2.24) is 0 Å². The molecule has 0 bridgehead atoms. The SMILES string of the molecule is Cc1cc(Br)c(F)cc1NC(=O)C1CC1C(=O)O. The molecular formula is C12H11BrFNO3. The molecule has 96 valence electrons. The second kappa shape index (κ2) is 4.68. The summed E-state index contributed by atoms with van der Waals surface area (Å²) >= 11 is 3.05. The van der Waals surface area contributed by atoms with Crippen LogP contribution in [0.4, 0.5) is 10.1 Å². The molecule has 4 nitrogen and oxygen atoms in total. The minimum Gasteiger partial charge on any atom is -0.481 e. The molecule has 1 aromatic carbocycles. The van der Waals surface area contributed by atoms with Crippen molar-refractivity contribution in [3.63, 3.8) is 0 Å². The van der Waals surface area contributed by atoms with Crippen LogP contribution in [-0.2, 0) is 9.59 Å². The Morgan fingerprint density at radius 2 is 2.11 bits per heavy atom. The number of amides is 1. The Kier molecular flexibility index (Phi) is 3.38. The number of carbonyl (C=O) groups is 2. The Morgan fingerprint density at radius 1 is 1.44 bits per heavy atom. The molecule has 1 amide bonds. The second-order valence-electron chi connectivity index (χ2n) is 4.36. The van der Waals surface area contributed by atoms with Crippen molar-refractivity contribution in [3.8, 4) is 0 Å². The van der Waals surface area contributed by atoms with E-state index in [-0.39, 0.29) is 5.91 Å². The second-order valence-corrected chi connectivity index (χ2v) is 5.21. The van der Waals surface area contributed by atoms with Gasteiger partial charge in [0.05, 0.1) is 16.3 Å². The smallest absolute Gasteiger partial charge is 0.307 e. The van der Waals surface area contributed by atoms with E-state index in [0.717, 1.165) is 0 Å². The largest absolute Gasteiger partial charge is 0.481 e. The standard InChI is InChI=1S/C12H11BrFNO3/c1-5-2-8(13)9(14)4-10(5)15-11(16)6-3-7(6)12(17)18/h2,4,6-7H,3H2,1H3,(H,15,16)(H,17,18). The van der Waals surface area contributed by atoms with Crippen molar-refractivity contribution < 1.29 is 19.1 Å². The van der Waals surface area contributed by atoms with E-state index in [0.29, 0.717) is 22.1 Å². The minimum atomic E-state index is -0.964. The lowest BCUT2D eigenvalue weighted by Gasteiger charge is -2.09. The lowest BCUT2D eigenvalue weighted by Crippen LogP contribution is -2.17. The highest BCUT2D eigenvalue weighted by atomic mass is 79.9. The maximum absolute atomic E-state index is 13.3. The number of nitrogens with one attached hydrogen (secondary N) is 1. The summed E-state index contributed by atoms with van der Waals surface area (Å²) in [6.07, 6.45) is 0.346. The van der Waals surface area contributed by atoms with Gasteiger partial charge in [-0.15, -0.1) is 0 Å². The molecule has 0 spiro atoms. The van der Waals surface area contributed by atoms with Gasteiger partial charge in [0.2, 0.25) is 5.91 Å². The molecule has 2 rings (SSSR count). The summed E-state index contributed by atoms with van der Waals surface area (Å²) in [6, 6.07) is 2.78. The van der Waals surface area contributed by atoms with E-state index in [9.17, 15) is 14.0 Å². The zero-order valence-corrected chi connectivity index (χ0v) is 11.1. The van der Waals surface area contributed by atoms with Gasteiger partial charge in [-0.2, -0.15) is 0 Å². The summed E-state index contributed by atoms with van der Waals surface area (Å²) in [5, 5.41) is 11.3. The quantitative estimate of drug-likeness (QED) is 0.900. The Balaban J connectivity index is 2.09. The monoisotopic (exact) mass is 315 g/mol. The lowest BCUT2D eigenvalue weighted by molar-refractivity contribution is -0.139. The number of carbonyl (C=O) groups excluding carboxylic acids is 1. The van der Waals surface area contributed by atoms with E-state index < -0.39 is 23.6 Å². The minimum absolute atomic E-state index is 0.327. The fourth-order valence-corrected chi connectivity index (χ4v) is 2.22. The maximum atomic E-state index is 13.3. The molecule has 18 heavy (non-hydrogen) atoms. The molecule has 0 radical (unpaired) electrons. The number of aliphatic carboxylic acids is 1. The van der Waals surface area contributed by atoms with Gasteiger partial charge in [-0.1, -0.05) is 0 Å². The number of halogens is 2. The topological polar surface area (TPSA) is 66.4 Å². The number of anilines is 1. The zero-order chi connectivity index (χ0) is 13.4. The van der Waals surface area contributed by atoms with Crippen molar-refractivity contribution in [1.29, 1.82) is 0 Å². The first-order valence-corrected chi connectivity index (χ1v) is 6.18. The fraction of sp³-hybridized carbons (Fsp3) is 0.333. The van der Waals surface area contributed by atoms with Crippen LogP contribution >= 0.6 is 15.9 Å². The fourth-order valence-electron chi connectivity index (χ4n) is 1.76. The maximum Gasteiger partial charge on any atom is 0.307 e. The van der Waals surface area contributed by atoms with Gasteiger partial charge in [-0.05, 0) is 47.0 Å². The molecule has 1 aliphatic rings. The first-order valence-electron chi connectivity index (χ1n) is 5.39. The number of aryl methyl sites for hydroxylation is 1. The molecule has 1 aliphatic carbocycles. The molecule has 1 fully saturated rings. The van der Waals surface area contributed by atoms with E-state index in [4.69, 9.17) is 5.11 Å². The molecule has 2 atom stereocenters. The Hall–Kier alpha value is -1.43. The van der Waals surface area contributed by atoms with Crippen molar-refractivity contribution in [3.05, 3.63) is 28.0 Å². The van der Waals surface area contributed by atoms with E-state index >= 15 is 0 Å². The number of benzene rings is 1. The average Bonchev–Trinajstić information content (AvgIpc) is 3.05. The Bertz CT molecular complexity index is 532. The number of hydrogen-bond donors (Lipinski definition) is 2. The van der Waals surface area contributed by atoms with E-state index in [1.165, 1.54) is 6.07 Å². The molecule has 2 unspecified atom stereocenters. The van der Waals surface area contributed by atoms with Gasteiger partial charge in [-0.3, -0.25) is 9.59 Å². The Morgan fingerprint density at radius 3 is 2.67 bits per heavy atom. The highest BCUT2D eigenvalue weighted by Gasteiger charge is 2.48. The van der Waals surface area contributed by atoms with Gasteiger partial charge in [0.1, 0.15) is 5.82 Å². The van der Waals surface area contributed by atoms with Crippen molar-refractivity contribution in [2.24, 2.45) is 11.8 Å². The third kappa shape index (κ3) is 2.53. The molecule has 0 heterocycles. The summed E-state index contributed by atoms with van der Waals surface area (Å²) in [5.74, 6) is -2.92. The number of carboxylic acids is 1. The third-order valence-corrected chi connectivity index (χ3v) is 3.58. The van der Waals surface area contributed by atoms with Crippen LogP contribution in [0.1, 0.15) is 12.0 Å². The van der Waals surface area contributed by atoms with Gasteiger partial charge in [0.25, 0.3) is 0 Å². The molecule has 1 aromatic rings. The van der Waals surface area contributed by atoms with E-state index in [2.05, 4.69) is 21.2 Å². The lowest BCUT2D eigenvalue weighted by atomic mass is 10.2. The van der Waals surface area contributed by atoms with Crippen molar-refractivity contribution in [2.75, 3.05) is 5.32 Å². The summed E-state index contributed by atoms with van der Waals surface area (Å²) < 4.78 is 13.7. The molecule has 0 aliphatic heterocycles. The summed E-state index contributed by atoms with van der Waals surface area (Å²) in [7, 11) is 0. The Labute approximate surface area is 111 Å². The van der Waals surface area contributed by atoms with Gasteiger partial charge >= 0.3 is 5.97 Å². The van der Waals surface area contributed by atoms with Crippen LogP contribution < -0.4 is 5.32 Å². The average molecular weight is 316 g/mol. The van der Waals surface area contributed by atoms with Gasteiger partial charge in [-0.25, -0.2) is 4.39 Å². The number of hydrogen-bond acceptors (Lipinski definition) is 2. The summed E-state index contributed by atoms with van der Waals surface area (Å²) in [5.41, 5.74) is 1.08. The van der Waals surface area contributed by atoms with Gasteiger partial charge in [0, 0.05) is 5.69 Å². The number of carboxylic acid groups (broad SMARTS) is 1. The van der Waals surface area contributed by atoms with Crippen molar-refractivity contribution in [2.45, 2.75) is 13.3 Å². The summed E-state index contributed by atoms with van der Waals surface area (Å²) in [4.78, 5) is 22.4. The van der Waals surface area contributed by atoms with Crippen LogP contribution in [0.5, 0.6) is 0 Å². The number of rotatable bonds is 3. The highest BCUT2D eigenvalue weighted by Crippen LogP contribution is 2.39. The van der Waals surface area contributed by atoms with Crippen molar-refractivity contribution >= 4 is 33.5 Å².